The molecule has 2 aromatic carbocycles. The number of carbonyl (C=O) groups excluding carboxylic acids is 1. The Morgan fingerprint density at radius 2 is 1.85 bits per heavy atom. The minimum absolute atomic E-state index is 0.121. The molecular formula is C22H29N7O4S. The molecule has 182 valence electrons. The van der Waals surface area contributed by atoms with Gasteiger partial charge >= 0.3 is 0 Å². The Balaban J connectivity index is 1.72. The Bertz CT molecular complexity index is 1210. The quantitative estimate of drug-likeness (QED) is 0.365. The molecule has 1 atom stereocenters. The van der Waals surface area contributed by atoms with Crippen molar-refractivity contribution in [3.05, 3.63) is 71.5 Å². The van der Waals surface area contributed by atoms with E-state index in [4.69, 9.17) is 10.5 Å². The fraction of sp³-hybridized carbons (Fsp3) is 0.364. The maximum atomic E-state index is 12.5. The molecule has 3 rings (SSSR count). The summed E-state index contributed by atoms with van der Waals surface area (Å²) in [4.78, 5) is 13.9. The lowest BCUT2D eigenvalue weighted by atomic mass is 10.1. The largest absolute Gasteiger partial charge is 0.374 e. The molecule has 4 N–H and O–H groups in total. The zero-order valence-corrected chi connectivity index (χ0v) is 20.1. The average molecular weight is 488 g/mol. The van der Waals surface area contributed by atoms with Crippen LogP contribution in [0.1, 0.15) is 36.8 Å². The molecule has 1 heterocycles. The summed E-state index contributed by atoms with van der Waals surface area (Å²) < 4.78 is 31.2. The molecule has 0 radical (unpaired) electrons. The van der Waals surface area contributed by atoms with Crippen molar-refractivity contribution in [1.82, 2.24) is 25.5 Å². The molecule has 3 aromatic rings. The second kappa shape index (κ2) is 10.7. The molecule has 0 spiro atoms. The highest BCUT2D eigenvalue weighted by molar-refractivity contribution is 7.92. The number of benzene rings is 2. The molecule has 0 aliphatic rings. The van der Waals surface area contributed by atoms with E-state index in [0.717, 1.165) is 17.4 Å². The number of sulfonamides is 1. The second-order valence-corrected chi connectivity index (χ2v) is 10.2. The first-order chi connectivity index (χ1) is 16.0. The molecule has 11 nitrogen and oxygen atoms in total. The third kappa shape index (κ3) is 7.90. The van der Waals surface area contributed by atoms with Crippen LogP contribution in [0.5, 0.6) is 0 Å². The summed E-state index contributed by atoms with van der Waals surface area (Å²) in [6.45, 7) is 3.93. The fourth-order valence-electron chi connectivity index (χ4n) is 2.97. The topological polar surface area (TPSA) is 154 Å². The zero-order chi connectivity index (χ0) is 24.8. The van der Waals surface area contributed by atoms with Gasteiger partial charge in [0.15, 0.2) is 5.82 Å². The van der Waals surface area contributed by atoms with Gasteiger partial charge in [-0.3, -0.25) is 9.52 Å². The first-order valence-corrected chi connectivity index (χ1v) is 12.4. The van der Waals surface area contributed by atoms with Crippen molar-refractivity contribution >= 4 is 21.6 Å². The number of nitrogens with one attached hydrogen (secondary N) is 2. The van der Waals surface area contributed by atoms with Crippen molar-refractivity contribution in [3.63, 3.8) is 0 Å². The lowest BCUT2D eigenvalue weighted by Crippen LogP contribution is -2.50. The molecule has 1 aromatic heterocycles. The van der Waals surface area contributed by atoms with Gasteiger partial charge in [-0.15, -0.1) is 10.2 Å². The van der Waals surface area contributed by atoms with Crippen LogP contribution in [0, 0.1) is 0 Å². The molecule has 1 unspecified atom stereocenters. The summed E-state index contributed by atoms with van der Waals surface area (Å²) in [5.41, 5.74) is 7.02. The average Bonchev–Trinajstić information content (AvgIpc) is 3.20. The molecule has 0 saturated carbocycles. The van der Waals surface area contributed by atoms with E-state index in [2.05, 4.69) is 25.4 Å². The van der Waals surface area contributed by atoms with Gasteiger partial charge in [0.1, 0.15) is 6.04 Å². The van der Waals surface area contributed by atoms with E-state index < -0.39 is 21.6 Å². The number of nitrogens with zero attached hydrogens (tertiary/aromatic N) is 4. The summed E-state index contributed by atoms with van der Waals surface area (Å²) in [6.07, 6.45) is 1.09. The standard InChI is InChI=1S/C22H29N7O4S/c1-22(2,23)21(30)24-19(15-33-14-16-8-5-4-6-9-16)20-25-28-29(26-20)13-17-10-7-11-18(12-17)27-34(3,31)32/h4-12,19,27H,13-15,23H2,1-3H3,(H,24,30). The van der Waals surface area contributed by atoms with E-state index in [1.54, 1.807) is 32.0 Å². The predicted octanol–water partition coefficient (Wildman–Crippen LogP) is 1.20. The van der Waals surface area contributed by atoms with Crippen molar-refractivity contribution in [2.45, 2.75) is 38.6 Å². The van der Waals surface area contributed by atoms with Crippen LogP contribution in [0.2, 0.25) is 0 Å². The maximum Gasteiger partial charge on any atom is 0.240 e. The van der Waals surface area contributed by atoms with Crippen molar-refractivity contribution in [1.29, 1.82) is 0 Å². The van der Waals surface area contributed by atoms with E-state index in [1.165, 1.54) is 4.80 Å². The van der Waals surface area contributed by atoms with Gasteiger partial charge in [0.05, 0.1) is 31.6 Å². The van der Waals surface area contributed by atoms with Gasteiger partial charge in [0.2, 0.25) is 15.9 Å². The van der Waals surface area contributed by atoms with E-state index in [9.17, 15) is 13.2 Å². The number of anilines is 1. The minimum atomic E-state index is -3.39. The number of rotatable bonds is 11. The first-order valence-electron chi connectivity index (χ1n) is 10.6. The number of tetrazole rings is 1. The van der Waals surface area contributed by atoms with Gasteiger partial charge in [0.25, 0.3) is 0 Å². The SMILES string of the molecule is CC(C)(N)C(=O)NC(COCc1ccccc1)c1nnn(Cc2cccc(NS(C)(=O)=O)c2)n1. The van der Waals surface area contributed by atoms with Crippen LogP contribution in [0.4, 0.5) is 5.69 Å². The van der Waals surface area contributed by atoms with Gasteiger partial charge in [-0.25, -0.2) is 8.42 Å². The van der Waals surface area contributed by atoms with Crippen LogP contribution in [0.25, 0.3) is 0 Å². The zero-order valence-electron chi connectivity index (χ0n) is 19.3. The monoisotopic (exact) mass is 487 g/mol. The van der Waals surface area contributed by atoms with E-state index in [0.29, 0.717) is 12.3 Å². The summed E-state index contributed by atoms with van der Waals surface area (Å²) in [6, 6.07) is 15.9. The van der Waals surface area contributed by atoms with Crippen LogP contribution in [0.3, 0.4) is 0 Å². The van der Waals surface area contributed by atoms with E-state index in [1.807, 2.05) is 36.4 Å². The summed E-state index contributed by atoms with van der Waals surface area (Å²) in [5, 5.41) is 15.4. The number of carbonyl (C=O) groups is 1. The number of aromatic nitrogens is 4. The summed E-state index contributed by atoms with van der Waals surface area (Å²) in [7, 11) is -3.39. The molecule has 0 saturated heterocycles. The van der Waals surface area contributed by atoms with Crippen LogP contribution in [-0.2, 0) is 32.7 Å². The Kier molecular flexibility index (Phi) is 7.97. The molecule has 12 heteroatoms. The highest BCUT2D eigenvalue weighted by Gasteiger charge is 2.27. The summed E-state index contributed by atoms with van der Waals surface area (Å²) >= 11 is 0. The Hall–Kier alpha value is -3.35. The maximum absolute atomic E-state index is 12.5. The number of hydrogen-bond donors (Lipinski definition) is 3. The second-order valence-electron chi connectivity index (χ2n) is 8.50. The van der Waals surface area contributed by atoms with Crippen LogP contribution >= 0.6 is 0 Å². The summed E-state index contributed by atoms with van der Waals surface area (Å²) in [5.74, 6) is -0.104. The molecule has 1 amide bonds. The van der Waals surface area contributed by atoms with Gasteiger partial charge in [-0.2, -0.15) is 4.80 Å². The van der Waals surface area contributed by atoms with Gasteiger partial charge in [0, 0.05) is 5.69 Å². The van der Waals surface area contributed by atoms with E-state index >= 15 is 0 Å². The lowest BCUT2D eigenvalue weighted by molar-refractivity contribution is -0.126. The Morgan fingerprint density at radius 1 is 1.15 bits per heavy atom. The normalized spacial score (nSPS) is 12.8. The van der Waals surface area contributed by atoms with Gasteiger partial charge < -0.3 is 15.8 Å². The molecular weight excluding hydrogens is 458 g/mol. The van der Waals surface area contributed by atoms with Crippen LogP contribution in [0.15, 0.2) is 54.6 Å². The number of amides is 1. The van der Waals surface area contributed by atoms with Crippen molar-refractivity contribution < 1.29 is 17.9 Å². The number of hydrogen-bond acceptors (Lipinski definition) is 8. The van der Waals surface area contributed by atoms with Gasteiger partial charge in [-0.05, 0) is 42.3 Å². The molecule has 0 aliphatic carbocycles. The number of nitrogens with two attached hydrogens (primary N) is 1. The highest BCUT2D eigenvalue weighted by atomic mass is 32.2. The molecule has 0 bridgehead atoms. The lowest BCUT2D eigenvalue weighted by Gasteiger charge is -2.22. The molecule has 0 aliphatic heterocycles. The minimum Gasteiger partial charge on any atom is -0.374 e. The third-order valence-corrected chi connectivity index (χ3v) is 5.23. The Labute approximate surface area is 198 Å². The van der Waals surface area contributed by atoms with Gasteiger partial charge in [-0.1, -0.05) is 42.5 Å². The first kappa shape index (κ1) is 25.3. The van der Waals surface area contributed by atoms with Crippen LogP contribution < -0.4 is 15.8 Å². The molecule has 0 fully saturated rings. The van der Waals surface area contributed by atoms with Crippen LogP contribution in [-0.4, -0.2) is 52.9 Å². The predicted molar refractivity (Wildman–Crippen MR) is 127 cm³/mol. The fourth-order valence-corrected chi connectivity index (χ4v) is 3.52. The highest BCUT2D eigenvalue weighted by Crippen LogP contribution is 2.14. The van der Waals surface area contributed by atoms with Crippen molar-refractivity contribution in [2.24, 2.45) is 5.73 Å². The van der Waals surface area contributed by atoms with Crippen molar-refractivity contribution in [3.8, 4) is 0 Å². The Morgan fingerprint density at radius 3 is 2.53 bits per heavy atom. The van der Waals surface area contributed by atoms with E-state index in [-0.39, 0.29) is 24.9 Å². The molecule has 34 heavy (non-hydrogen) atoms. The smallest absolute Gasteiger partial charge is 0.240 e. The van der Waals surface area contributed by atoms with Crippen molar-refractivity contribution in [2.75, 3.05) is 17.6 Å². The number of ether oxygens (including phenoxy) is 1. The third-order valence-electron chi connectivity index (χ3n) is 4.62.